The summed E-state index contributed by atoms with van der Waals surface area (Å²) in [6, 6.07) is 8.46. The molecule has 0 aromatic heterocycles. The highest BCUT2D eigenvalue weighted by molar-refractivity contribution is 7.89. The first-order valence-corrected chi connectivity index (χ1v) is 10.8. The van der Waals surface area contributed by atoms with Crippen LogP contribution >= 0.6 is 0 Å². The van der Waals surface area contributed by atoms with E-state index in [-0.39, 0.29) is 23.4 Å². The molecular weight excluding hydrogens is 416 g/mol. The molecule has 2 N–H and O–H groups in total. The summed E-state index contributed by atoms with van der Waals surface area (Å²) in [5.74, 6) is -2.94. The van der Waals surface area contributed by atoms with Crippen LogP contribution in [0.2, 0.25) is 0 Å². The quantitative estimate of drug-likeness (QED) is 0.696. The van der Waals surface area contributed by atoms with Crippen molar-refractivity contribution in [1.29, 1.82) is 0 Å². The molecule has 10 heteroatoms. The molecule has 2 amide bonds. The van der Waals surface area contributed by atoms with Gasteiger partial charge in [0.05, 0.1) is 10.5 Å². The molecule has 1 aliphatic rings. The number of anilines is 1. The van der Waals surface area contributed by atoms with Gasteiger partial charge in [-0.05, 0) is 49.2 Å². The molecule has 0 bridgehead atoms. The van der Waals surface area contributed by atoms with Gasteiger partial charge in [0.15, 0.2) is 0 Å². The van der Waals surface area contributed by atoms with Crippen molar-refractivity contribution < 1.29 is 26.8 Å². The molecular formula is C20H21F2N3O4S. The maximum Gasteiger partial charge on any atom is 0.254 e. The Bertz CT molecular complexity index is 1040. The molecule has 0 radical (unpaired) electrons. The first-order chi connectivity index (χ1) is 14.3. The Morgan fingerprint density at radius 3 is 2.30 bits per heavy atom. The van der Waals surface area contributed by atoms with Gasteiger partial charge in [0.1, 0.15) is 11.6 Å². The van der Waals surface area contributed by atoms with Gasteiger partial charge in [-0.25, -0.2) is 17.2 Å². The number of carbonyl (C=O) groups excluding carboxylic acids is 2. The van der Waals surface area contributed by atoms with Crippen LogP contribution in [0, 0.1) is 11.6 Å². The van der Waals surface area contributed by atoms with Gasteiger partial charge in [0.2, 0.25) is 15.9 Å². The highest BCUT2D eigenvalue weighted by atomic mass is 32.2. The van der Waals surface area contributed by atoms with Crippen LogP contribution in [0.25, 0.3) is 0 Å². The van der Waals surface area contributed by atoms with E-state index in [4.69, 9.17) is 0 Å². The van der Waals surface area contributed by atoms with Crippen molar-refractivity contribution in [2.75, 3.05) is 25.0 Å². The zero-order chi connectivity index (χ0) is 21.7. The molecule has 7 nitrogen and oxygen atoms in total. The molecule has 1 fully saturated rings. The van der Waals surface area contributed by atoms with E-state index in [2.05, 4.69) is 10.6 Å². The fraction of sp³-hybridized carbons (Fsp3) is 0.300. The Kier molecular flexibility index (Phi) is 6.78. The molecule has 0 atom stereocenters. The lowest BCUT2D eigenvalue weighted by Gasteiger charge is -2.15. The fourth-order valence-electron chi connectivity index (χ4n) is 3.07. The predicted molar refractivity (Wildman–Crippen MR) is 106 cm³/mol. The normalized spacial score (nSPS) is 14.5. The van der Waals surface area contributed by atoms with Crippen molar-refractivity contribution in [2.45, 2.75) is 24.2 Å². The summed E-state index contributed by atoms with van der Waals surface area (Å²) in [4.78, 5) is 24.1. The van der Waals surface area contributed by atoms with Crippen LogP contribution in [0.5, 0.6) is 0 Å². The SMILES string of the molecule is O=C(CCNC(=O)c1ccc(F)cc1F)Nc1ccc(S(=O)(=O)N2CCCC2)cc1. The number of hydrogen-bond acceptors (Lipinski definition) is 4. The molecule has 0 spiro atoms. The molecule has 3 rings (SSSR count). The van der Waals surface area contributed by atoms with E-state index in [0.717, 1.165) is 25.0 Å². The minimum Gasteiger partial charge on any atom is -0.351 e. The summed E-state index contributed by atoms with van der Waals surface area (Å²) in [5.41, 5.74) is 0.0999. The Balaban J connectivity index is 1.49. The monoisotopic (exact) mass is 437 g/mol. The maximum absolute atomic E-state index is 13.6. The average molecular weight is 437 g/mol. The maximum atomic E-state index is 13.6. The van der Waals surface area contributed by atoms with Crippen LogP contribution in [0.1, 0.15) is 29.6 Å². The van der Waals surface area contributed by atoms with Crippen molar-refractivity contribution in [1.82, 2.24) is 9.62 Å². The molecule has 30 heavy (non-hydrogen) atoms. The number of carbonyl (C=O) groups is 2. The first kappa shape index (κ1) is 21.8. The number of sulfonamides is 1. The van der Waals surface area contributed by atoms with E-state index in [1.807, 2.05) is 0 Å². The molecule has 1 heterocycles. The zero-order valence-corrected chi connectivity index (χ0v) is 16.8. The van der Waals surface area contributed by atoms with E-state index < -0.39 is 33.5 Å². The summed E-state index contributed by atoms with van der Waals surface area (Å²) in [7, 11) is -3.52. The van der Waals surface area contributed by atoms with Crippen LogP contribution in [0.4, 0.5) is 14.5 Å². The largest absolute Gasteiger partial charge is 0.351 e. The van der Waals surface area contributed by atoms with Crippen molar-refractivity contribution in [2.24, 2.45) is 0 Å². The number of nitrogens with zero attached hydrogens (tertiary/aromatic N) is 1. The third-order valence-electron chi connectivity index (χ3n) is 4.65. The molecule has 0 saturated carbocycles. The fourth-order valence-corrected chi connectivity index (χ4v) is 4.59. The van der Waals surface area contributed by atoms with Crippen LogP contribution in [-0.4, -0.2) is 44.2 Å². The second kappa shape index (κ2) is 9.31. The van der Waals surface area contributed by atoms with Gasteiger partial charge in [-0.1, -0.05) is 0 Å². The molecule has 2 aromatic carbocycles. The lowest BCUT2D eigenvalue weighted by molar-refractivity contribution is -0.116. The van der Waals surface area contributed by atoms with Gasteiger partial charge in [0.25, 0.3) is 5.91 Å². The number of nitrogens with one attached hydrogen (secondary N) is 2. The highest BCUT2D eigenvalue weighted by Crippen LogP contribution is 2.22. The van der Waals surface area contributed by atoms with E-state index >= 15 is 0 Å². The Morgan fingerprint density at radius 2 is 1.67 bits per heavy atom. The number of hydrogen-bond donors (Lipinski definition) is 2. The topological polar surface area (TPSA) is 95.6 Å². The predicted octanol–water partition coefficient (Wildman–Crippen LogP) is 2.51. The van der Waals surface area contributed by atoms with Crippen LogP contribution < -0.4 is 10.6 Å². The molecule has 160 valence electrons. The van der Waals surface area contributed by atoms with Crippen molar-refractivity contribution in [3.05, 3.63) is 59.7 Å². The lowest BCUT2D eigenvalue weighted by Crippen LogP contribution is -2.28. The minimum absolute atomic E-state index is 0.0527. The van der Waals surface area contributed by atoms with Crippen LogP contribution in [0.15, 0.2) is 47.4 Å². The van der Waals surface area contributed by atoms with Gasteiger partial charge in [-0.15, -0.1) is 0 Å². The highest BCUT2D eigenvalue weighted by Gasteiger charge is 2.26. The van der Waals surface area contributed by atoms with Crippen LogP contribution in [0.3, 0.4) is 0 Å². The standard InChI is InChI=1S/C20H21F2N3O4S/c21-14-3-8-17(18(22)13-14)20(27)23-10-9-19(26)24-15-4-6-16(7-5-15)30(28,29)25-11-1-2-12-25/h3-8,13H,1-2,9-12H2,(H,23,27)(H,24,26). The molecule has 2 aromatic rings. The van der Waals surface area contributed by atoms with Crippen molar-refractivity contribution >= 4 is 27.5 Å². The van der Waals surface area contributed by atoms with Gasteiger partial charge in [-0.3, -0.25) is 9.59 Å². The zero-order valence-electron chi connectivity index (χ0n) is 16.0. The molecule has 0 unspecified atom stereocenters. The smallest absolute Gasteiger partial charge is 0.254 e. The second-order valence-electron chi connectivity index (χ2n) is 6.81. The summed E-state index contributed by atoms with van der Waals surface area (Å²) < 4.78 is 52.9. The number of benzene rings is 2. The van der Waals surface area contributed by atoms with Gasteiger partial charge < -0.3 is 10.6 Å². The van der Waals surface area contributed by atoms with Crippen molar-refractivity contribution in [3.63, 3.8) is 0 Å². The van der Waals surface area contributed by atoms with Crippen molar-refractivity contribution in [3.8, 4) is 0 Å². The third-order valence-corrected chi connectivity index (χ3v) is 6.57. The summed E-state index contributed by atoms with van der Waals surface area (Å²) in [6.45, 7) is 0.964. The van der Waals surface area contributed by atoms with E-state index in [1.54, 1.807) is 0 Å². The van der Waals surface area contributed by atoms with E-state index in [0.29, 0.717) is 24.8 Å². The number of halogens is 2. The average Bonchev–Trinajstić information content (AvgIpc) is 3.24. The molecule has 0 aliphatic carbocycles. The number of amides is 2. The Morgan fingerprint density at radius 1 is 1.00 bits per heavy atom. The van der Waals surface area contributed by atoms with Gasteiger partial charge in [-0.2, -0.15) is 4.31 Å². The Hall–Kier alpha value is -2.85. The third kappa shape index (κ3) is 5.19. The Labute approximate surface area is 173 Å². The number of rotatable bonds is 7. The van der Waals surface area contributed by atoms with Gasteiger partial charge in [0, 0.05) is 37.8 Å². The van der Waals surface area contributed by atoms with E-state index in [1.165, 1.54) is 28.6 Å². The minimum atomic E-state index is -3.52. The van der Waals surface area contributed by atoms with Gasteiger partial charge >= 0.3 is 0 Å². The first-order valence-electron chi connectivity index (χ1n) is 9.41. The molecule has 1 aliphatic heterocycles. The summed E-state index contributed by atoms with van der Waals surface area (Å²) in [6.07, 6.45) is 1.61. The summed E-state index contributed by atoms with van der Waals surface area (Å²) in [5, 5.41) is 4.99. The van der Waals surface area contributed by atoms with E-state index in [9.17, 15) is 26.8 Å². The lowest BCUT2D eigenvalue weighted by atomic mass is 10.2. The van der Waals surface area contributed by atoms with Crippen LogP contribution in [-0.2, 0) is 14.8 Å². The second-order valence-corrected chi connectivity index (χ2v) is 8.75. The molecule has 1 saturated heterocycles. The summed E-state index contributed by atoms with van der Waals surface area (Å²) >= 11 is 0.